The van der Waals surface area contributed by atoms with E-state index in [0.29, 0.717) is 25.7 Å². The first kappa shape index (κ1) is 27.0. The molecule has 3 rings (SSSR count). The topological polar surface area (TPSA) is 114 Å². The largest absolute Gasteiger partial charge is 0.445 e. The van der Waals surface area contributed by atoms with Crippen LogP contribution in [0.5, 0.6) is 0 Å². The minimum absolute atomic E-state index is 0.0823. The highest BCUT2D eigenvalue weighted by Crippen LogP contribution is 2.31. The Morgan fingerprint density at radius 2 is 1.97 bits per heavy atom. The molecular formula is C26H37N3O5S. The molecule has 3 N–H and O–H groups in total. The van der Waals surface area contributed by atoms with E-state index in [2.05, 4.69) is 27.5 Å². The van der Waals surface area contributed by atoms with Crippen molar-refractivity contribution in [3.63, 3.8) is 0 Å². The van der Waals surface area contributed by atoms with Crippen LogP contribution in [-0.4, -0.2) is 48.1 Å². The Kier molecular flexibility index (Phi) is 10.4. The predicted molar refractivity (Wildman–Crippen MR) is 135 cm³/mol. The third kappa shape index (κ3) is 8.56. The second-order valence-corrected chi connectivity index (χ2v) is 10.9. The molecule has 2 aliphatic rings. The molecule has 5 atom stereocenters. The van der Waals surface area contributed by atoms with Crippen molar-refractivity contribution in [1.82, 2.24) is 15.4 Å². The summed E-state index contributed by atoms with van der Waals surface area (Å²) in [5.74, 6) is -0.200. The van der Waals surface area contributed by atoms with E-state index in [1.807, 2.05) is 32.0 Å². The molecule has 2 unspecified atom stereocenters. The molecule has 1 saturated heterocycles. The summed E-state index contributed by atoms with van der Waals surface area (Å²) in [6, 6.07) is 9.46. The zero-order valence-electron chi connectivity index (χ0n) is 20.5. The molecule has 1 aromatic rings. The lowest BCUT2D eigenvalue weighted by Crippen LogP contribution is -2.44. The molecule has 0 bridgehead atoms. The fourth-order valence-electron chi connectivity index (χ4n) is 4.83. The van der Waals surface area contributed by atoms with Crippen LogP contribution < -0.4 is 15.4 Å². The van der Waals surface area contributed by atoms with Gasteiger partial charge in [0.05, 0.1) is 6.04 Å². The van der Waals surface area contributed by atoms with Crippen molar-refractivity contribution in [1.29, 1.82) is 0 Å². The highest BCUT2D eigenvalue weighted by atomic mass is 32.2. The highest BCUT2D eigenvalue weighted by molar-refractivity contribution is 7.99. The molecular weight excluding hydrogens is 466 g/mol. The van der Waals surface area contributed by atoms with Crippen LogP contribution in [0.3, 0.4) is 0 Å². The van der Waals surface area contributed by atoms with Crippen LogP contribution in [0.4, 0.5) is 4.79 Å². The van der Waals surface area contributed by atoms with Crippen molar-refractivity contribution in [2.45, 2.75) is 76.2 Å². The number of ether oxygens (including phenoxy) is 1. The third-order valence-corrected chi connectivity index (χ3v) is 7.62. The zero-order chi connectivity index (χ0) is 25.2. The fourth-order valence-corrected chi connectivity index (χ4v) is 5.77. The molecule has 0 aromatic heterocycles. The number of hydrogen-bond acceptors (Lipinski definition) is 6. The Morgan fingerprint density at radius 1 is 1.20 bits per heavy atom. The molecule has 2 fully saturated rings. The summed E-state index contributed by atoms with van der Waals surface area (Å²) < 4.78 is 8.42. The Balaban J connectivity index is 1.50. The molecule has 0 spiro atoms. The molecule has 1 saturated carbocycles. The van der Waals surface area contributed by atoms with E-state index in [1.54, 1.807) is 0 Å². The van der Waals surface area contributed by atoms with Gasteiger partial charge in [0.25, 0.3) is 0 Å². The van der Waals surface area contributed by atoms with Gasteiger partial charge in [-0.15, -0.1) is 0 Å². The number of rotatable bonds is 12. The first-order chi connectivity index (χ1) is 16.9. The Bertz CT molecular complexity index is 866. The fraction of sp³-hybridized carbons (Fsp3) is 0.615. The Labute approximate surface area is 211 Å². The van der Waals surface area contributed by atoms with E-state index in [4.69, 9.17) is 4.74 Å². The molecule has 9 heteroatoms. The maximum atomic E-state index is 12.9. The molecule has 192 valence electrons. The summed E-state index contributed by atoms with van der Waals surface area (Å²) in [4.78, 5) is 48.9. The lowest BCUT2D eigenvalue weighted by molar-refractivity contribution is -0.126. The van der Waals surface area contributed by atoms with Crippen LogP contribution in [0.2, 0.25) is 0 Å². The highest BCUT2D eigenvalue weighted by Gasteiger charge is 2.32. The summed E-state index contributed by atoms with van der Waals surface area (Å²) in [5.41, 5.74) is 1.23. The van der Waals surface area contributed by atoms with Crippen LogP contribution in [-0.2, 0) is 25.5 Å². The summed E-state index contributed by atoms with van der Waals surface area (Å²) in [6.07, 6.45) is 5.18. The van der Waals surface area contributed by atoms with Gasteiger partial charge in [-0.3, -0.25) is 14.3 Å². The van der Waals surface area contributed by atoms with Crippen molar-refractivity contribution in [3.05, 3.63) is 35.9 Å². The van der Waals surface area contributed by atoms with E-state index < -0.39 is 17.4 Å². The molecule has 3 amide bonds. The van der Waals surface area contributed by atoms with E-state index in [9.17, 15) is 19.2 Å². The number of carbonyl (C=O) groups excluding carboxylic acids is 4. The Hall–Kier alpha value is -2.55. The van der Waals surface area contributed by atoms with Gasteiger partial charge in [-0.25, -0.2) is 4.79 Å². The number of hydrogen-bond donors (Lipinski definition) is 3. The second kappa shape index (κ2) is 13.5. The van der Waals surface area contributed by atoms with Gasteiger partial charge in [0, 0.05) is 18.4 Å². The second-order valence-electron chi connectivity index (χ2n) is 9.93. The maximum absolute atomic E-state index is 12.9. The van der Waals surface area contributed by atoms with E-state index in [1.165, 1.54) is 5.56 Å². The van der Waals surface area contributed by atoms with Crippen molar-refractivity contribution < 1.29 is 23.9 Å². The van der Waals surface area contributed by atoms with E-state index in [0.717, 1.165) is 37.6 Å². The van der Waals surface area contributed by atoms with Gasteiger partial charge in [-0.05, 0) is 68.4 Å². The first-order valence-corrected chi connectivity index (χ1v) is 13.4. The van der Waals surface area contributed by atoms with Crippen LogP contribution in [0.25, 0.3) is 0 Å². The molecule has 8 nitrogen and oxygen atoms in total. The van der Waals surface area contributed by atoms with Gasteiger partial charge in [0.1, 0.15) is 17.6 Å². The predicted octanol–water partition coefficient (Wildman–Crippen LogP) is 3.40. The molecule has 1 aliphatic carbocycles. The summed E-state index contributed by atoms with van der Waals surface area (Å²) in [7, 11) is 0. The first-order valence-electron chi connectivity index (χ1n) is 12.5. The zero-order valence-corrected chi connectivity index (χ0v) is 21.4. The lowest BCUT2D eigenvalue weighted by Gasteiger charge is -2.23. The minimum atomic E-state index is -0.740. The van der Waals surface area contributed by atoms with E-state index in [-0.39, 0.29) is 42.1 Å². The molecule has 1 aliphatic heterocycles. The van der Waals surface area contributed by atoms with Crippen LogP contribution in [0.1, 0.15) is 57.9 Å². The SMILES string of the molecule is CC(C)C[C@H](SNC(=O)OC1CCCC1Cc1ccccc1)C(=O)N[C@H](C=O)C[C@@H]1CCNC1=O. The monoisotopic (exact) mass is 503 g/mol. The average molecular weight is 504 g/mol. The van der Waals surface area contributed by atoms with Crippen LogP contribution >= 0.6 is 11.9 Å². The van der Waals surface area contributed by atoms with Gasteiger partial charge < -0.3 is 20.2 Å². The smallest absolute Gasteiger partial charge is 0.417 e. The average Bonchev–Trinajstić information content (AvgIpc) is 3.44. The van der Waals surface area contributed by atoms with Crippen LogP contribution in [0.15, 0.2) is 30.3 Å². The Morgan fingerprint density at radius 3 is 2.63 bits per heavy atom. The molecule has 1 aromatic carbocycles. The lowest BCUT2D eigenvalue weighted by atomic mass is 9.96. The van der Waals surface area contributed by atoms with Gasteiger partial charge in [-0.1, -0.05) is 44.2 Å². The summed E-state index contributed by atoms with van der Waals surface area (Å²) in [6.45, 7) is 4.58. The third-order valence-electron chi connectivity index (χ3n) is 6.64. The van der Waals surface area contributed by atoms with Crippen molar-refractivity contribution in [3.8, 4) is 0 Å². The number of benzene rings is 1. The quantitative estimate of drug-likeness (QED) is 0.298. The summed E-state index contributed by atoms with van der Waals surface area (Å²) in [5, 5.41) is 4.92. The number of amides is 3. The van der Waals surface area contributed by atoms with Crippen molar-refractivity contribution in [2.24, 2.45) is 17.8 Å². The van der Waals surface area contributed by atoms with Gasteiger partial charge >= 0.3 is 6.09 Å². The molecule has 35 heavy (non-hydrogen) atoms. The van der Waals surface area contributed by atoms with Gasteiger partial charge in [-0.2, -0.15) is 0 Å². The van der Waals surface area contributed by atoms with Crippen molar-refractivity contribution in [2.75, 3.05) is 6.54 Å². The summed E-state index contributed by atoms with van der Waals surface area (Å²) >= 11 is 1.02. The van der Waals surface area contributed by atoms with Gasteiger partial charge in [0.2, 0.25) is 11.8 Å². The van der Waals surface area contributed by atoms with Gasteiger partial charge in [0.15, 0.2) is 0 Å². The van der Waals surface area contributed by atoms with E-state index >= 15 is 0 Å². The standard InChI is InChI=1S/C26H37N3O5S/c1-17(2)13-23(25(32)28-21(16-30)15-20-11-12-27-24(20)31)35-29-26(33)34-22-10-6-9-19(22)14-18-7-4-3-5-8-18/h3-5,7-8,16-17,19-23H,6,9-15H2,1-2H3,(H,27,31)(H,28,32)(H,29,33)/t19?,20-,21-,22?,23-/m0/s1. The molecule has 0 radical (unpaired) electrons. The number of carbonyl (C=O) groups is 4. The van der Waals surface area contributed by atoms with Crippen molar-refractivity contribution >= 4 is 36.1 Å². The molecule has 1 heterocycles. The normalized spacial score (nSPS) is 23.4. The number of aldehydes is 1. The minimum Gasteiger partial charge on any atom is -0.445 e. The van der Waals surface area contributed by atoms with Crippen LogP contribution in [0, 0.1) is 17.8 Å². The number of nitrogens with one attached hydrogen (secondary N) is 3. The maximum Gasteiger partial charge on any atom is 0.417 e.